The molecule has 7 aromatic rings. The summed E-state index contributed by atoms with van der Waals surface area (Å²) in [5, 5.41) is 6.39. The second kappa shape index (κ2) is 12.2. The van der Waals surface area contributed by atoms with Crippen molar-refractivity contribution in [1.82, 2.24) is 5.32 Å². The highest BCUT2D eigenvalue weighted by atomic mass is 14.9. The summed E-state index contributed by atoms with van der Waals surface area (Å²) in [5.41, 5.74) is 24.7. The quantitative estimate of drug-likeness (QED) is 0.177. The van der Waals surface area contributed by atoms with Crippen molar-refractivity contribution >= 4 is 16.5 Å². The fourth-order valence-electron chi connectivity index (χ4n) is 8.84. The van der Waals surface area contributed by atoms with Crippen molar-refractivity contribution in [3.05, 3.63) is 197 Å². The zero-order valence-electron chi connectivity index (χ0n) is 30.4. The first-order valence-electron chi connectivity index (χ1n) is 18.5. The molecular formula is C50H44N2. The molecule has 1 unspecified atom stereocenters. The van der Waals surface area contributed by atoms with E-state index in [-0.39, 0.29) is 16.9 Å². The lowest BCUT2D eigenvalue weighted by Crippen LogP contribution is -2.17. The molecule has 9 rings (SSSR count). The summed E-state index contributed by atoms with van der Waals surface area (Å²) >= 11 is 0. The van der Waals surface area contributed by atoms with Gasteiger partial charge >= 0.3 is 0 Å². The lowest BCUT2D eigenvalue weighted by atomic mass is 9.81. The Hall–Kier alpha value is -5.70. The van der Waals surface area contributed by atoms with Crippen LogP contribution in [0.25, 0.3) is 49.9 Å². The topological polar surface area (TPSA) is 38.0 Å². The molecule has 7 aromatic carbocycles. The van der Waals surface area contributed by atoms with E-state index in [1.54, 1.807) is 0 Å². The van der Waals surface area contributed by atoms with Crippen LogP contribution in [0.2, 0.25) is 0 Å². The molecule has 0 saturated carbocycles. The average molecular weight is 673 g/mol. The third-order valence-electron chi connectivity index (χ3n) is 11.7. The Morgan fingerprint density at radius 2 is 1.21 bits per heavy atom. The predicted octanol–water partition coefficient (Wildman–Crippen LogP) is 12.0. The number of hydrogen-bond donors (Lipinski definition) is 2. The summed E-state index contributed by atoms with van der Waals surface area (Å²) in [7, 11) is 0. The molecule has 2 heteroatoms. The number of nitrogens with two attached hydrogens (primary N) is 1. The van der Waals surface area contributed by atoms with Gasteiger partial charge in [-0.3, -0.25) is 0 Å². The van der Waals surface area contributed by atoms with E-state index < -0.39 is 0 Å². The van der Waals surface area contributed by atoms with E-state index in [0.29, 0.717) is 6.54 Å². The van der Waals surface area contributed by atoms with Crippen molar-refractivity contribution < 1.29 is 0 Å². The molecular weight excluding hydrogens is 629 g/mol. The highest BCUT2D eigenvalue weighted by molar-refractivity contribution is 5.97. The fraction of sp³-hybridized carbons (Fsp3) is 0.160. The van der Waals surface area contributed by atoms with Gasteiger partial charge in [0.2, 0.25) is 0 Å². The van der Waals surface area contributed by atoms with E-state index in [1.807, 2.05) is 0 Å². The van der Waals surface area contributed by atoms with Crippen LogP contribution in [-0.4, -0.2) is 0 Å². The van der Waals surface area contributed by atoms with Gasteiger partial charge in [-0.2, -0.15) is 0 Å². The lowest BCUT2D eigenvalue weighted by molar-refractivity contribution is 0.660. The van der Waals surface area contributed by atoms with Crippen molar-refractivity contribution in [1.29, 1.82) is 0 Å². The zero-order chi connectivity index (χ0) is 35.6. The number of nitrogens with one attached hydrogen (secondary N) is 1. The van der Waals surface area contributed by atoms with Gasteiger partial charge in [0.05, 0.1) is 6.04 Å². The molecule has 0 heterocycles. The number of hydrogen-bond acceptors (Lipinski definition) is 2. The van der Waals surface area contributed by atoms with Gasteiger partial charge in [0, 0.05) is 28.6 Å². The van der Waals surface area contributed by atoms with Crippen molar-refractivity contribution in [3.63, 3.8) is 0 Å². The molecule has 2 aliphatic rings. The first-order valence-corrected chi connectivity index (χ1v) is 18.5. The van der Waals surface area contributed by atoms with Crippen LogP contribution < -0.4 is 11.1 Å². The Labute approximate surface area is 307 Å². The Kier molecular flexibility index (Phi) is 7.57. The van der Waals surface area contributed by atoms with Gasteiger partial charge in [-0.1, -0.05) is 155 Å². The smallest absolute Gasteiger partial charge is 0.0504 e. The van der Waals surface area contributed by atoms with E-state index in [2.05, 4.69) is 191 Å². The summed E-state index contributed by atoms with van der Waals surface area (Å²) in [5.74, 6) is 0. The summed E-state index contributed by atoms with van der Waals surface area (Å²) < 4.78 is 0. The molecule has 2 aliphatic carbocycles. The van der Waals surface area contributed by atoms with Crippen LogP contribution in [0.5, 0.6) is 0 Å². The van der Waals surface area contributed by atoms with Gasteiger partial charge in [-0.25, -0.2) is 0 Å². The molecule has 0 radical (unpaired) electrons. The van der Waals surface area contributed by atoms with E-state index in [1.165, 1.54) is 77.5 Å². The Bertz CT molecular complexity index is 2540. The molecule has 0 spiro atoms. The molecule has 3 N–H and O–H groups in total. The minimum atomic E-state index is -0.325. The predicted molar refractivity (Wildman–Crippen MR) is 219 cm³/mol. The van der Waals surface area contributed by atoms with Gasteiger partial charge in [0.1, 0.15) is 0 Å². The minimum absolute atomic E-state index is 0.0109. The van der Waals surface area contributed by atoms with Crippen molar-refractivity contribution in [2.45, 2.75) is 51.1 Å². The fourth-order valence-corrected chi connectivity index (χ4v) is 8.84. The minimum Gasteiger partial charge on any atom is -0.381 e. The summed E-state index contributed by atoms with van der Waals surface area (Å²) in [6.07, 6.45) is 2.23. The van der Waals surface area contributed by atoms with Crippen LogP contribution in [0.4, 0.5) is 0 Å². The summed E-state index contributed by atoms with van der Waals surface area (Å²) in [6, 6.07) is 55.1. The third kappa shape index (κ3) is 5.21. The Balaban J connectivity index is 1.13. The molecule has 0 aromatic heterocycles. The van der Waals surface area contributed by atoms with Crippen molar-refractivity contribution in [3.8, 4) is 33.4 Å². The largest absolute Gasteiger partial charge is 0.381 e. The number of rotatable bonds is 7. The van der Waals surface area contributed by atoms with Gasteiger partial charge in [0.25, 0.3) is 0 Å². The van der Waals surface area contributed by atoms with E-state index in [9.17, 15) is 0 Å². The standard InChI is InChI=1S/C50H44N2/c1-49(2)42-22-11-10-20-38(42)40-27-36(24-25-43(40)49)33-18-12-19-37(26-33)46(51)30-47(52-31-32-14-6-5-7-15-32)39-21-13-23-44-48(39)41-28-34-16-8-9-17-35(34)29-45(41)50(44,3)4/h5-30,46,52H,31,51H2,1-4H3/b47-30-. The van der Waals surface area contributed by atoms with E-state index in [0.717, 1.165) is 11.3 Å². The van der Waals surface area contributed by atoms with E-state index >= 15 is 0 Å². The molecule has 0 bridgehead atoms. The second-order valence-corrected chi connectivity index (χ2v) is 15.6. The van der Waals surface area contributed by atoms with Gasteiger partial charge < -0.3 is 11.1 Å². The maximum Gasteiger partial charge on any atom is 0.0504 e. The highest BCUT2D eigenvalue weighted by Gasteiger charge is 2.38. The van der Waals surface area contributed by atoms with Crippen LogP contribution in [0.3, 0.4) is 0 Å². The molecule has 254 valence electrons. The molecule has 0 saturated heterocycles. The van der Waals surface area contributed by atoms with Gasteiger partial charge in [-0.15, -0.1) is 0 Å². The van der Waals surface area contributed by atoms with Crippen LogP contribution >= 0.6 is 0 Å². The number of benzene rings is 7. The zero-order valence-corrected chi connectivity index (χ0v) is 30.4. The highest BCUT2D eigenvalue weighted by Crippen LogP contribution is 2.52. The number of fused-ring (bicyclic) bond motifs is 7. The normalized spacial score (nSPS) is 15.4. The monoisotopic (exact) mass is 672 g/mol. The first-order chi connectivity index (χ1) is 25.2. The van der Waals surface area contributed by atoms with Crippen LogP contribution in [0, 0.1) is 0 Å². The maximum absolute atomic E-state index is 7.19. The molecule has 1 atom stereocenters. The lowest BCUT2D eigenvalue weighted by Gasteiger charge is -2.22. The maximum atomic E-state index is 7.19. The molecule has 0 amide bonds. The Morgan fingerprint density at radius 1 is 0.558 bits per heavy atom. The average Bonchev–Trinajstić information content (AvgIpc) is 3.54. The van der Waals surface area contributed by atoms with Crippen LogP contribution in [0.15, 0.2) is 158 Å². The summed E-state index contributed by atoms with van der Waals surface area (Å²) in [4.78, 5) is 0. The van der Waals surface area contributed by atoms with E-state index in [4.69, 9.17) is 5.73 Å². The van der Waals surface area contributed by atoms with Crippen molar-refractivity contribution in [2.24, 2.45) is 5.73 Å². The molecule has 52 heavy (non-hydrogen) atoms. The van der Waals surface area contributed by atoms with Gasteiger partial charge in [-0.05, 0) is 108 Å². The molecule has 0 aliphatic heterocycles. The molecule has 0 fully saturated rings. The van der Waals surface area contributed by atoms with Crippen LogP contribution in [-0.2, 0) is 17.4 Å². The third-order valence-corrected chi connectivity index (χ3v) is 11.7. The SMILES string of the molecule is CC1(C)c2ccccc2-c2cc(-c3cccc(C(N)/C=C(\NCc4ccccc4)c4cccc5c4-c4cc6ccccc6cc4C5(C)C)c3)ccc21. The second-order valence-electron chi connectivity index (χ2n) is 15.6. The van der Waals surface area contributed by atoms with Gasteiger partial charge in [0.15, 0.2) is 0 Å². The first kappa shape index (κ1) is 32.2. The summed E-state index contributed by atoms with van der Waals surface area (Å²) in [6.45, 7) is 10.1. The molecule has 2 nitrogen and oxygen atoms in total. The van der Waals surface area contributed by atoms with Crippen molar-refractivity contribution in [2.75, 3.05) is 0 Å². The Morgan fingerprint density at radius 3 is 2.04 bits per heavy atom. The van der Waals surface area contributed by atoms with Crippen LogP contribution in [0.1, 0.15) is 72.7 Å².